The Morgan fingerprint density at radius 1 is 1.50 bits per heavy atom. The van der Waals surface area contributed by atoms with E-state index in [1.807, 2.05) is 12.1 Å². The summed E-state index contributed by atoms with van der Waals surface area (Å²) in [6.07, 6.45) is 0.669. The Balaban J connectivity index is 2.59. The van der Waals surface area contributed by atoms with Gasteiger partial charge in [-0.2, -0.15) is 0 Å². The van der Waals surface area contributed by atoms with Gasteiger partial charge in [-0.1, -0.05) is 6.07 Å². The van der Waals surface area contributed by atoms with Gasteiger partial charge >= 0.3 is 0 Å². The average Bonchev–Trinajstić information content (AvgIpc) is 2.67. The van der Waals surface area contributed by atoms with Crippen LogP contribution >= 0.6 is 11.3 Å². The number of hydrogen-bond acceptors (Lipinski definition) is 4. The number of methoxy groups -OCH3 is 1. The van der Waals surface area contributed by atoms with Crippen LogP contribution in [0.1, 0.15) is 5.56 Å². The van der Waals surface area contributed by atoms with Crippen LogP contribution in [-0.2, 0) is 6.42 Å². The molecule has 14 heavy (non-hydrogen) atoms. The molecule has 0 spiro atoms. The number of thiazole rings is 1. The number of rotatable bonds is 3. The lowest BCUT2D eigenvalue weighted by molar-refractivity contribution is 0.300. The van der Waals surface area contributed by atoms with Gasteiger partial charge in [0.25, 0.3) is 0 Å². The summed E-state index contributed by atoms with van der Waals surface area (Å²) in [6, 6.07) is 3.88. The fourth-order valence-corrected chi connectivity index (χ4v) is 2.31. The lowest BCUT2D eigenvalue weighted by Gasteiger charge is -2.04. The molecule has 0 atom stereocenters. The van der Waals surface area contributed by atoms with Crippen LogP contribution in [0, 0.1) is 0 Å². The van der Waals surface area contributed by atoms with E-state index >= 15 is 0 Å². The molecule has 0 aliphatic heterocycles. The van der Waals surface area contributed by atoms with Gasteiger partial charge in [0.05, 0.1) is 17.3 Å². The van der Waals surface area contributed by atoms with Crippen LogP contribution in [0.15, 0.2) is 17.6 Å². The minimum Gasteiger partial charge on any atom is -0.494 e. The SMILES string of the molecule is COc1ccc(CCO)c2scnc12. The number of benzene rings is 1. The van der Waals surface area contributed by atoms with Crippen molar-refractivity contribution in [1.82, 2.24) is 4.98 Å². The average molecular weight is 209 g/mol. The molecule has 3 nitrogen and oxygen atoms in total. The molecule has 0 aliphatic carbocycles. The van der Waals surface area contributed by atoms with Crippen LogP contribution in [0.3, 0.4) is 0 Å². The molecule has 2 rings (SSSR count). The van der Waals surface area contributed by atoms with E-state index in [9.17, 15) is 0 Å². The molecule has 2 aromatic rings. The molecule has 0 aliphatic rings. The Bertz CT molecular complexity index is 439. The predicted octanol–water partition coefficient (Wildman–Crippen LogP) is 1.84. The summed E-state index contributed by atoms with van der Waals surface area (Å²) in [6.45, 7) is 0.166. The second-order valence-electron chi connectivity index (χ2n) is 2.93. The Morgan fingerprint density at radius 2 is 2.36 bits per heavy atom. The van der Waals surface area contributed by atoms with Crippen molar-refractivity contribution in [2.75, 3.05) is 13.7 Å². The van der Waals surface area contributed by atoms with Crippen molar-refractivity contribution >= 4 is 21.6 Å². The monoisotopic (exact) mass is 209 g/mol. The highest BCUT2D eigenvalue weighted by Crippen LogP contribution is 2.30. The fourth-order valence-electron chi connectivity index (χ4n) is 1.46. The Hall–Kier alpha value is -1.13. The van der Waals surface area contributed by atoms with E-state index in [2.05, 4.69) is 4.98 Å². The summed E-state index contributed by atoms with van der Waals surface area (Å²) >= 11 is 1.58. The maximum absolute atomic E-state index is 8.90. The second-order valence-corrected chi connectivity index (χ2v) is 3.79. The van der Waals surface area contributed by atoms with Crippen molar-refractivity contribution in [3.8, 4) is 5.75 Å². The first kappa shape index (κ1) is 9.43. The predicted molar refractivity (Wildman–Crippen MR) is 57.0 cm³/mol. The van der Waals surface area contributed by atoms with Gasteiger partial charge in [-0.3, -0.25) is 0 Å². The number of aromatic nitrogens is 1. The van der Waals surface area contributed by atoms with Crippen molar-refractivity contribution in [3.63, 3.8) is 0 Å². The van der Waals surface area contributed by atoms with E-state index in [4.69, 9.17) is 9.84 Å². The maximum Gasteiger partial charge on any atom is 0.145 e. The molecule has 0 saturated heterocycles. The minimum atomic E-state index is 0.166. The van der Waals surface area contributed by atoms with Gasteiger partial charge in [0.1, 0.15) is 11.3 Å². The van der Waals surface area contributed by atoms with Crippen LogP contribution in [0.4, 0.5) is 0 Å². The summed E-state index contributed by atoms with van der Waals surface area (Å²) in [7, 11) is 1.64. The largest absolute Gasteiger partial charge is 0.494 e. The van der Waals surface area contributed by atoms with Crippen LogP contribution in [0.25, 0.3) is 10.2 Å². The van der Waals surface area contributed by atoms with Crippen molar-refractivity contribution in [1.29, 1.82) is 0 Å². The van der Waals surface area contributed by atoms with Crippen LogP contribution < -0.4 is 4.74 Å². The van der Waals surface area contributed by atoms with Gasteiger partial charge in [-0.05, 0) is 18.1 Å². The Morgan fingerprint density at radius 3 is 3.07 bits per heavy atom. The van der Waals surface area contributed by atoms with Gasteiger partial charge < -0.3 is 9.84 Å². The molecule has 1 aromatic carbocycles. The van der Waals surface area contributed by atoms with E-state index in [0.29, 0.717) is 6.42 Å². The van der Waals surface area contributed by atoms with Crippen LogP contribution in [-0.4, -0.2) is 23.8 Å². The third-order valence-corrected chi connectivity index (χ3v) is 3.03. The summed E-state index contributed by atoms with van der Waals surface area (Å²) in [4.78, 5) is 4.24. The Labute approximate surface area is 86.0 Å². The smallest absolute Gasteiger partial charge is 0.145 e. The molecule has 4 heteroatoms. The van der Waals surface area contributed by atoms with E-state index in [-0.39, 0.29) is 6.61 Å². The zero-order chi connectivity index (χ0) is 9.97. The van der Waals surface area contributed by atoms with Gasteiger partial charge in [0.2, 0.25) is 0 Å². The van der Waals surface area contributed by atoms with Gasteiger partial charge in [-0.25, -0.2) is 4.98 Å². The maximum atomic E-state index is 8.90. The molecule has 0 amide bonds. The summed E-state index contributed by atoms with van der Waals surface area (Å²) < 4.78 is 6.31. The molecule has 0 fully saturated rings. The topological polar surface area (TPSA) is 42.4 Å². The van der Waals surface area contributed by atoms with E-state index < -0.39 is 0 Å². The normalized spacial score (nSPS) is 10.7. The van der Waals surface area contributed by atoms with Gasteiger partial charge in [0.15, 0.2) is 0 Å². The van der Waals surface area contributed by atoms with Gasteiger partial charge in [-0.15, -0.1) is 11.3 Å². The molecular formula is C10H11NO2S. The van der Waals surface area contributed by atoms with Gasteiger partial charge in [0, 0.05) is 6.61 Å². The third kappa shape index (κ3) is 1.47. The summed E-state index contributed by atoms with van der Waals surface area (Å²) in [5, 5.41) is 8.90. The number of aliphatic hydroxyl groups is 1. The zero-order valence-electron chi connectivity index (χ0n) is 7.86. The van der Waals surface area contributed by atoms with Crippen molar-refractivity contribution in [3.05, 3.63) is 23.2 Å². The Kier molecular flexibility index (Phi) is 2.65. The first-order valence-corrected chi connectivity index (χ1v) is 5.24. The van der Waals surface area contributed by atoms with E-state index in [1.165, 1.54) is 0 Å². The number of hydrogen-bond donors (Lipinski definition) is 1. The third-order valence-electron chi connectivity index (χ3n) is 2.13. The standard InChI is InChI=1S/C10H11NO2S/c1-13-8-3-2-7(4-5-12)10-9(8)11-6-14-10/h2-3,6,12H,4-5H2,1H3. The summed E-state index contributed by atoms with van der Waals surface area (Å²) in [5.74, 6) is 0.794. The quantitative estimate of drug-likeness (QED) is 0.838. The molecule has 1 N–H and O–H groups in total. The van der Waals surface area contributed by atoms with Crippen molar-refractivity contribution in [2.45, 2.75) is 6.42 Å². The lowest BCUT2D eigenvalue weighted by Crippen LogP contribution is -1.92. The molecule has 0 bridgehead atoms. The van der Waals surface area contributed by atoms with Crippen molar-refractivity contribution < 1.29 is 9.84 Å². The molecule has 0 unspecified atom stereocenters. The number of aliphatic hydroxyl groups excluding tert-OH is 1. The lowest BCUT2D eigenvalue weighted by atomic mass is 10.1. The zero-order valence-corrected chi connectivity index (χ0v) is 8.67. The second kappa shape index (κ2) is 3.94. The molecule has 1 aromatic heterocycles. The molecule has 0 saturated carbocycles. The van der Waals surface area contributed by atoms with E-state index in [1.54, 1.807) is 24.0 Å². The van der Waals surface area contributed by atoms with Crippen molar-refractivity contribution in [2.24, 2.45) is 0 Å². The first-order valence-electron chi connectivity index (χ1n) is 4.36. The highest BCUT2D eigenvalue weighted by Gasteiger charge is 2.08. The number of fused-ring (bicyclic) bond motifs is 1. The molecule has 0 radical (unpaired) electrons. The molecule has 1 heterocycles. The van der Waals surface area contributed by atoms with Crippen LogP contribution in [0.5, 0.6) is 5.75 Å². The highest BCUT2D eigenvalue weighted by molar-refractivity contribution is 7.17. The van der Waals surface area contributed by atoms with E-state index in [0.717, 1.165) is 21.5 Å². The number of ether oxygens (including phenoxy) is 1. The minimum absolute atomic E-state index is 0.166. The fraction of sp³-hybridized carbons (Fsp3) is 0.300. The molecule has 74 valence electrons. The summed E-state index contributed by atoms with van der Waals surface area (Å²) in [5.41, 5.74) is 3.82. The van der Waals surface area contributed by atoms with Crippen LogP contribution in [0.2, 0.25) is 0 Å². The number of nitrogens with zero attached hydrogens (tertiary/aromatic N) is 1. The highest BCUT2D eigenvalue weighted by atomic mass is 32.1. The molecular weight excluding hydrogens is 198 g/mol. The first-order chi connectivity index (χ1) is 6.86.